The number of carbonyl (C=O) groups is 1. The second-order valence-electron chi connectivity index (χ2n) is 5.55. The number of urea groups is 1. The Kier molecular flexibility index (Phi) is 7.05. The third-order valence-electron chi connectivity index (χ3n) is 3.89. The average Bonchev–Trinajstić information content (AvgIpc) is 2.50. The molecule has 5 heteroatoms. The Labute approximate surface area is 131 Å². The van der Waals surface area contributed by atoms with Crippen LogP contribution in [0.1, 0.15) is 32.8 Å². The minimum Gasteiger partial charge on any atom is -0.388 e. The van der Waals surface area contributed by atoms with Gasteiger partial charge in [-0.1, -0.05) is 32.4 Å². The summed E-state index contributed by atoms with van der Waals surface area (Å²) in [5.41, 5.74) is 0.170. The topological polar surface area (TPSA) is 61.4 Å². The molecule has 2 atom stereocenters. The zero-order valence-electron chi connectivity index (χ0n) is 13.3. The van der Waals surface area contributed by atoms with Crippen molar-refractivity contribution in [3.8, 4) is 0 Å². The number of benzene rings is 1. The lowest BCUT2D eigenvalue weighted by molar-refractivity contribution is 0.00790. The van der Waals surface area contributed by atoms with Crippen LogP contribution in [0, 0.1) is 5.92 Å². The van der Waals surface area contributed by atoms with Gasteiger partial charge in [-0.3, -0.25) is 0 Å². The number of rotatable bonds is 7. The lowest BCUT2D eigenvalue weighted by Gasteiger charge is -2.29. The number of hydrogen-bond donors (Lipinski definition) is 3. The van der Waals surface area contributed by atoms with Gasteiger partial charge in [-0.2, -0.15) is 0 Å². The van der Waals surface area contributed by atoms with Crippen molar-refractivity contribution in [1.82, 2.24) is 10.6 Å². The molecule has 0 saturated carbocycles. The van der Waals surface area contributed by atoms with Gasteiger partial charge < -0.3 is 15.7 Å². The molecule has 0 aliphatic carbocycles. The minimum absolute atomic E-state index is 0.136. The van der Waals surface area contributed by atoms with Crippen LogP contribution in [-0.4, -0.2) is 29.5 Å². The fourth-order valence-electron chi connectivity index (χ4n) is 1.86. The van der Waals surface area contributed by atoms with Gasteiger partial charge in [0.2, 0.25) is 0 Å². The molecule has 21 heavy (non-hydrogen) atoms. The third kappa shape index (κ3) is 5.98. The maximum Gasteiger partial charge on any atom is 0.315 e. The molecule has 2 amide bonds. The van der Waals surface area contributed by atoms with Crippen LogP contribution in [0.15, 0.2) is 29.2 Å². The molecule has 0 aliphatic heterocycles. The summed E-state index contributed by atoms with van der Waals surface area (Å²) in [4.78, 5) is 13.0. The zero-order chi connectivity index (χ0) is 15.9. The predicted octanol–water partition coefficient (Wildman–Crippen LogP) is 3.00. The SMILES string of the molecule is CCC(C)C(C)(O)CNC(=O)NCc1ccc(SC)cc1. The Balaban J connectivity index is 2.37. The first-order valence-corrected chi connectivity index (χ1v) is 8.48. The first kappa shape index (κ1) is 17.9. The molecule has 3 N–H and O–H groups in total. The van der Waals surface area contributed by atoms with Crippen molar-refractivity contribution in [2.75, 3.05) is 12.8 Å². The number of hydrogen-bond acceptors (Lipinski definition) is 3. The van der Waals surface area contributed by atoms with Gasteiger partial charge in [0.15, 0.2) is 0 Å². The molecule has 0 aromatic heterocycles. The van der Waals surface area contributed by atoms with Crippen molar-refractivity contribution >= 4 is 17.8 Å². The van der Waals surface area contributed by atoms with Gasteiger partial charge in [-0.25, -0.2) is 4.79 Å². The summed E-state index contributed by atoms with van der Waals surface area (Å²) < 4.78 is 0. The van der Waals surface area contributed by atoms with Crippen LogP contribution in [0.4, 0.5) is 4.79 Å². The van der Waals surface area contributed by atoms with Gasteiger partial charge in [0.05, 0.1) is 5.60 Å². The first-order valence-electron chi connectivity index (χ1n) is 7.26. The fraction of sp³-hybridized carbons (Fsp3) is 0.562. The Morgan fingerprint density at radius 2 is 1.95 bits per heavy atom. The summed E-state index contributed by atoms with van der Waals surface area (Å²) in [6.45, 7) is 6.48. The van der Waals surface area contributed by atoms with Crippen molar-refractivity contribution < 1.29 is 9.90 Å². The monoisotopic (exact) mass is 310 g/mol. The van der Waals surface area contributed by atoms with Crippen molar-refractivity contribution in [2.24, 2.45) is 5.92 Å². The minimum atomic E-state index is -0.883. The Bertz CT molecular complexity index is 446. The molecule has 118 valence electrons. The molecule has 1 aromatic rings. The summed E-state index contributed by atoms with van der Waals surface area (Å²) in [7, 11) is 0. The van der Waals surface area contributed by atoms with Crippen LogP contribution in [-0.2, 0) is 6.54 Å². The number of aliphatic hydroxyl groups is 1. The largest absolute Gasteiger partial charge is 0.388 e. The molecule has 0 saturated heterocycles. The molecule has 0 fully saturated rings. The van der Waals surface area contributed by atoms with Crippen molar-refractivity contribution in [3.05, 3.63) is 29.8 Å². The highest BCUT2D eigenvalue weighted by Crippen LogP contribution is 2.18. The Morgan fingerprint density at radius 1 is 1.33 bits per heavy atom. The predicted molar refractivity (Wildman–Crippen MR) is 88.5 cm³/mol. The van der Waals surface area contributed by atoms with Gasteiger partial charge in [0.25, 0.3) is 0 Å². The van der Waals surface area contributed by atoms with E-state index in [-0.39, 0.29) is 18.5 Å². The third-order valence-corrected chi connectivity index (χ3v) is 4.64. The molecular formula is C16H26N2O2S. The van der Waals surface area contributed by atoms with Gasteiger partial charge in [-0.05, 0) is 36.8 Å². The van der Waals surface area contributed by atoms with Crippen LogP contribution in [0.25, 0.3) is 0 Å². The van der Waals surface area contributed by atoms with Gasteiger partial charge in [-0.15, -0.1) is 11.8 Å². The van der Waals surface area contributed by atoms with E-state index in [9.17, 15) is 9.90 Å². The van der Waals surface area contributed by atoms with E-state index in [2.05, 4.69) is 10.6 Å². The van der Waals surface area contributed by atoms with Gasteiger partial charge in [0, 0.05) is 18.0 Å². The average molecular weight is 310 g/mol. The van der Waals surface area contributed by atoms with E-state index >= 15 is 0 Å². The maximum absolute atomic E-state index is 11.8. The highest BCUT2D eigenvalue weighted by Gasteiger charge is 2.27. The molecule has 1 rings (SSSR count). The van der Waals surface area contributed by atoms with Crippen LogP contribution in [0.2, 0.25) is 0 Å². The number of carbonyl (C=O) groups excluding carboxylic acids is 1. The molecule has 1 aromatic carbocycles. The van der Waals surface area contributed by atoms with Crippen molar-refractivity contribution in [1.29, 1.82) is 0 Å². The van der Waals surface area contributed by atoms with Crippen LogP contribution in [0.3, 0.4) is 0 Å². The Hall–Kier alpha value is -1.20. The quantitative estimate of drug-likeness (QED) is 0.679. The molecule has 0 radical (unpaired) electrons. The van der Waals surface area contributed by atoms with E-state index in [0.717, 1.165) is 12.0 Å². The maximum atomic E-state index is 11.8. The second-order valence-corrected chi connectivity index (χ2v) is 6.43. The van der Waals surface area contributed by atoms with E-state index in [4.69, 9.17) is 0 Å². The standard InChI is InChI=1S/C16H26N2O2S/c1-5-12(2)16(3,20)11-18-15(19)17-10-13-6-8-14(21-4)9-7-13/h6-9,12,20H,5,10-11H2,1-4H3,(H2,17,18,19). The lowest BCUT2D eigenvalue weighted by Crippen LogP contribution is -2.47. The van der Waals surface area contributed by atoms with Crippen LogP contribution < -0.4 is 10.6 Å². The number of thioether (sulfide) groups is 1. The molecule has 2 unspecified atom stereocenters. The van der Waals surface area contributed by atoms with E-state index in [1.807, 2.05) is 44.4 Å². The lowest BCUT2D eigenvalue weighted by atomic mass is 9.89. The van der Waals surface area contributed by atoms with Crippen molar-refractivity contribution in [3.63, 3.8) is 0 Å². The summed E-state index contributed by atoms with van der Waals surface area (Å²) >= 11 is 1.69. The van der Waals surface area contributed by atoms with Gasteiger partial charge in [0.1, 0.15) is 0 Å². The van der Waals surface area contributed by atoms with Crippen molar-refractivity contribution in [2.45, 2.75) is 44.2 Å². The normalized spacial score (nSPS) is 15.1. The van der Waals surface area contributed by atoms with E-state index in [0.29, 0.717) is 6.54 Å². The second kappa shape index (κ2) is 8.29. The van der Waals surface area contributed by atoms with E-state index < -0.39 is 5.60 Å². The first-order chi connectivity index (χ1) is 9.89. The zero-order valence-corrected chi connectivity index (χ0v) is 14.1. The molecular weight excluding hydrogens is 284 g/mol. The fourth-order valence-corrected chi connectivity index (χ4v) is 2.27. The summed E-state index contributed by atoms with van der Waals surface area (Å²) in [6.07, 6.45) is 2.90. The summed E-state index contributed by atoms with van der Waals surface area (Å²) in [5, 5.41) is 15.8. The molecule has 0 aliphatic rings. The van der Waals surface area contributed by atoms with Crippen LogP contribution in [0.5, 0.6) is 0 Å². The molecule has 0 bridgehead atoms. The van der Waals surface area contributed by atoms with E-state index in [1.54, 1.807) is 18.7 Å². The van der Waals surface area contributed by atoms with Crippen LogP contribution >= 0.6 is 11.8 Å². The number of nitrogens with one attached hydrogen (secondary N) is 2. The summed E-state index contributed by atoms with van der Waals surface area (Å²) in [5.74, 6) is 0.136. The summed E-state index contributed by atoms with van der Waals surface area (Å²) in [6, 6.07) is 7.82. The van der Waals surface area contributed by atoms with E-state index in [1.165, 1.54) is 4.90 Å². The Morgan fingerprint density at radius 3 is 2.48 bits per heavy atom. The molecule has 4 nitrogen and oxygen atoms in total. The highest BCUT2D eigenvalue weighted by molar-refractivity contribution is 7.98. The highest BCUT2D eigenvalue weighted by atomic mass is 32.2. The molecule has 0 heterocycles. The molecule has 0 spiro atoms. The smallest absolute Gasteiger partial charge is 0.315 e. The van der Waals surface area contributed by atoms with Gasteiger partial charge >= 0.3 is 6.03 Å². The number of amides is 2.